The number of nitrogens with two attached hydrogens (primary N) is 1. The number of likely N-dealkylation sites (tertiary alicyclic amines) is 1. The molecule has 0 aliphatic carbocycles. The smallest absolute Gasteiger partial charge is 0.0594 e. The van der Waals surface area contributed by atoms with Gasteiger partial charge in [0.25, 0.3) is 0 Å². The number of hydrogen-bond donors (Lipinski definition) is 1. The zero-order valence-corrected chi connectivity index (χ0v) is 13.3. The second kappa shape index (κ2) is 7.79. The van der Waals surface area contributed by atoms with Gasteiger partial charge in [-0.1, -0.05) is 0 Å². The lowest BCUT2D eigenvalue weighted by atomic mass is 9.95. The summed E-state index contributed by atoms with van der Waals surface area (Å²) in [7, 11) is 0. The van der Waals surface area contributed by atoms with E-state index < -0.39 is 0 Å². The van der Waals surface area contributed by atoms with Crippen LogP contribution in [0.1, 0.15) is 26.7 Å². The Morgan fingerprint density at radius 1 is 1.16 bits per heavy atom. The molecule has 2 rings (SSSR count). The zero-order valence-electron chi connectivity index (χ0n) is 12.4. The predicted octanol–water partition coefficient (Wildman–Crippen LogP) is 1.19. The highest BCUT2D eigenvalue weighted by molar-refractivity contribution is 5.85. The summed E-state index contributed by atoms with van der Waals surface area (Å²) < 4.78 is 5.41. The van der Waals surface area contributed by atoms with E-state index in [4.69, 9.17) is 10.5 Å². The van der Waals surface area contributed by atoms with Gasteiger partial charge in [0.1, 0.15) is 0 Å². The fourth-order valence-electron chi connectivity index (χ4n) is 3.17. The molecule has 4 nitrogen and oxygen atoms in total. The minimum Gasteiger partial charge on any atom is -0.379 e. The van der Waals surface area contributed by atoms with Gasteiger partial charge in [-0.3, -0.25) is 4.90 Å². The standard InChI is InChI=1S/C14H29N3O.ClH/c1-14(2,15)12-17-5-3-4-13(11-17)10-16-6-8-18-9-7-16;/h13H,3-12,15H2,1-2H3;1H/t13-;/m0./s1. The van der Waals surface area contributed by atoms with E-state index >= 15 is 0 Å². The Balaban J connectivity index is 0.00000180. The highest BCUT2D eigenvalue weighted by atomic mass is 35.5. The topological polar surface area (TPSA) is 41.7 Å². The van der Waals surface area contributed by atoms with Crippen molar-refractivity contribution in [1.82, 2.24) is 9.80 Å². The van der Waals surface area contributed by atoms with Gasteiger partial charge in [-0.15, -0.1) is 12.4 Å². The van der Waals surface area contributed by atoms with E-state index in [9.17, 15) is 0 Å². The van der Waals surface area contributed by atoms with Crippen LogP contribution in [0.4, 0.5) is 0 Å². The molecule has 0 amide bonds. The van der Waals surface area contributed by atoms with Gasteiger partial charge in [-0.05, 0) is 39.2 Å². The van der Waals surface area contributed by atoms with Gasteiger partial charge in [-0.25, -0.2) is 0 Å². The molecule has 2 heterocycles. The molecule has 19 heavy (non-hydrogen) atoms. The highest BCUT2D eigenvalue weighted by Crippen LogP contribution is 2.19. The first-order chi connectivity index (χ1) is 8.53. The number of nitrogens with zero attached hydrogens (tertiary/aromatic N) is 2. The SMILES string of the molecule is CC(C)(N)CN1CCC[C@@H](CN2CCOCC2)C1.Cl. The van der Waals surface area contributed by atoms with E-state index in [1.165, 1.54) is 32.5 Å². The summed E-state index contributed by atoms with van der Waals surface area (Å²) >= 11 is 0. The van der Waals surface area contributed by atoms with E-state index in [-0.39, 0.29) is 17.9 Å². The van der Waals surface area contributed by atoms with Crippen molar-refractivity contribution in [2.45, 2.75) is 32.2 Å². The minimum atomic E-state index is -0.0686. The summed E-state index contributed by atoms with van der Waals surface area (Å²) in [5.74, 6) is 0.819. The second-order valence-corrected chi connectivity index (χ2v) is 6.64. The number of halogens is 1. The maximum Gasteiger partial charge on any atom is 0.0594 e. The Hall–Kier alpha value is 0.130. The monoisotopic (exact) mass is 291 g/mol. The molecule has 114 valence electrons. The number of hydrogen-bond acceptors (Lipinski definition) is 4. The molecule has 0 saturated carbocycles. The molecule has 0 unspecified atom stereocenters. The molecule has 2 N–H and O–H groups in total. The van der Waals surface area contributed by atoms with E-state index in [1.807, 2.05) is 0 Å². The van der Waals surface area contributed by atoms with Crippen LogP contribution in [0.15, 0.2) is 0 Å². The molecule has 2 saturated heterocycles. The van der Waals surface area contributed by atoms with Gasteiger partial charge in [0.15, 0.2) is 0 Å². The lowest BCUT2D eigenvalue weighted by Crippen LogP contribution is -2.50. The third-order valence-electron chi connectivity index (χ3n) is 3.85. The van der Waals surface area contributed by atoms with Gasteiger partial charge in [0, 0.05) is 38.3 Å². The maximum atomic E-state index is 6.13. The fraction of sp³-hybridized carbons (Fsp3) is 1.00. The maximum absolute atomic E-state index is 6.13. The number of ether oxygens (including phenoxy) is 1. The summed E-state index contributed by atoms with van der Waals surface area (Å²) in [5, 5.41) is 0. The summed E-state index contributed by atoms with van der Waals surface area (Å²) in [5.41, 5.74) is 6.06. The fourth-order valence-corrected chi connectivity index (χ4v) is 3.17. The number of piperidine rings is 1. The summed E-state index contributed by atoms with van der Waals surface area (Å²) in [6, 6.07) is 0. The molecule has 2 fully saturated rings. The van der Waals surface area contributed by atoms with Crippen molar-refractivity contribution < 1.29 is 4.74 Å². The molecule has 0 aromatic heterocycles. The van der Waals surface area contributed by atoms with Gasteiger partial charge in [-0.2, -0.15) is 0 Å². The predicted molar refractivity (Wildman–Crippen MR) is 81.9 cm³/mol. The van der Waals surface area contributed by atoms with Crippen molar-refractivity contribution in [3.05, 3.63) is 0 Å². The molecule has 0 bridgehead atoms. The molecule has 2 aliphatic heterocycles. The van der Waals surface area contributed by atoms with Crippen LogP contribution in [0.2, 0.25) is 0 Å². The summed E-state index contributed by atoms with van der Waals surface area (Å²) in [6.45, 7) is 13.0. The van der Waals surface area contributed by atoms with Crippen LogP contribution >= 0.6 is 12.4 Å². The molecular formula is C14H30ClN3O. The van der Waals surface area contributed by atoms with Gasteiger partial charge < -0.3 is 15.4 Å². The lowest BCUT2D eigenvalue weighted by molar-refractivity contribution is 0.0219. The first-order valence-electron chi connectivity index (χ1n) is 7.34. The van der Waals surface area contributed by atoms with Crippen molar-refractivity contribution in [3.63, 3.8) is 0 Å². The van der Waals surface area contributed by atoms with E-state index in [0.29, 0.717) is 0 Å². The number of rotatable bonds is 4. The molecule has 0 radical (unpaired) electrons. The Bertz CT molecular complexity index is 252. The molecule has 0 spiro atoms. The Morgan fingerprint density at radius 2 is 1.84 bits per heavy atom. The van der Waals surface area contributed by atoms with E-state index in [1.54, 1.807) is 0 Å². The summed E-state index contributed by atoms with van der Waals surface area (Å²) in [6.07, 6.45) is 2.70. The van der Waals surface area contributed by atoms with Crippen LogP contribution in [-0.2, 0) is 4.74 Å². The van der Waals surface area contributed by atoms with Crippen molar-refractivity contribution in [3.8, 4) is 0 Å². The zero-order chi connectivity index (χ0) is 13.0. The van der Waals surface area contributed by atoms with Crippen LogP contribution < -0.4 is 5.73 Å². The Labute approximate surface area is 124 Å². The van der Waals surface area contributed by atoms with Crippen LogP contribution in [-0.4, -0.2) is 67.8 Å². The lowest BCUT2D eigenvalue weighted by Gasteiger charge is -2.39. The number of morpholine rings is 1. The molecule has 5 heteroatoms. The van der Waals surface area contributed by atoms with Crippen LogP contribution in [0.3, 0.4) is 0 Å². The largest absolute Gasteiger partial charge is 0.379 e. The third-order valence-corrected chi connectivity index (χ3v) is 3.85. The van der Waals surface area contributed by atoms with Crippen molar-refractivity contribution >= 4 is 12.4 Å². The summed E-state index contributed by atoms with van der Waals surface area (Å²) in [4.78, 5) is 5.11. The molecule has 1 atom stereocenters. The average molecular weight is 292 g/mol. The molecule has 2 aliphatic rings. The third kappa shape index (κ3) is 6.41. The van der Waals surface area contributed by atoms with Gasteiger partial charge in [0.05, 0.1) is 13.2 Å². The van der Waals surface area contributed by atoms with Crippen LogP contribution in [0.25, 0.3) is 0 Å². The first-order valence-corrected chi connectivity index (χ1v) is 7.34. The molecule has 0 aromatic carbocycles. The second-order valence-electron chi connectivity index (χ2n) is 6.64. The molecular weight excluding hydrogens is 262 g/mol. The van der Waals surface area contributed by atoms with Crippen molar-refractivity contribution in [2.24, 2.45) is 11.7 Å². The first kappa shape index (κ1) is 17.2. The van der Waals surface area contributed by atoms with Crippen LogP contribution in [0, 0.1) is 5.92 Å². The van der Waals surface area contributed by atoms with E-state index in [2.05, 4.69) is 23.6 Å². The van der Waals surface area contributed by atoms with Gasteiger partial charge >= 0.3 is 0 Å². The van der Waals surface area contributed by atoms with E-state index in [0.717, 1.165) is 38.8 Å². The average Bonchev–Trinajstić information content (AvgIpc) is 2.28. The van der Waals surface area contributed by atoms with Gasteiger partial charge in [0.2, 0.25) is 0 Å². The van der Waals surface area contributed by atoms with Crippen LogP contribution in [0.5, 0.6) is 0 Å². The minimum absolute atomic E-state index is 0. The Morgan fingerprint density at radius 3 is 2.47 bits per heavy atom. The van der Waals surface area contributed by atoms with Crippen molar-refractivity contribution in [1.29, 1.82) is 0 Å². The quantitative estimate of drug-likeness (QED) is 0.845. The normalized spacial score (nSPS) is 27.0. The highest BCUT2D eigenvalue weighted by Gasteiger charge is 2.25. The molecule has 0 aromatic rings. The van der Waals surface area contributed by atoms with Crippen molar-refractivity contribution in [2.75, 3.05) is 52.5 Å². The Kier molecular flexibility index (Phi) is 7.05.